The highest BCUT2D eigenvalue weighted by atomic mass is 79.9. The van der Waals surface area contributed by atoms with E-state index in [1.54, 1.807) is 0 Å². The van der Waals surface area contributed by atoms with Gasteiger partial charge in [0.15, 0.2) is 0 Å². The molecule has 0 aliphatic carbocycles. The summed E-state index contributed by atoms with van der Waals surface area (Å²) in [5, 5.41) is 8.09. The van der Waals surface area contributed by atoms with Gasteiger partial charge in [-0.05, 0) is 62.9 Å². The van der Waals surface area contributed by atoms with Crippen molar-refractivity contribution in [2.75, 3.05) is 27.2 Å². The number of hydrogen-bond donors (Lipinski definition) is 1. The first kappa shape index (κ1) is 15.7. The van der Waals surface area contributed by atoms with Crippen LogP contribution in [0.4, 0.5) is 0 Å². The van der Waals surface area contributed by atoms with Crippen LogP contribution in [0, 0.1) is 0 Å². The highest BCUT2D eigenvalue weighted by Crippen LogP contribution is 2.22. The van der Waals surface area contributed by atoms with Gasteiger partial charge in [0.25, 0.3) is 0 Å². The summed E-state index contributed by atoms with van der Waals surface area (Å²) >= 11 is 3.66. The predicted octanol–water partition coefficient (Wildman–Crippen LogP) is 2.27. The molecule has 1 rings (SSSR count). The molecule has 0 radical (unpaired) electrons. The quantitative estimate of drug-likeness (QED) is 0.747. The standard InChI is InChI=1S/C13H25BrN4/c1-5-11-13(14)12(18(6-2)16-11)10-15-8-7-9-17(3)4/h15H,5-10H2,1-4H3. The number of rotatable bonds is 8. The van der Waals surface area contributed by atoms with Gasteiger partial charge in [-0.15, -0.1) is 0 Å². The van der Waals surface area contributed by atoms with E-state index in [-0.39, 0.29) is 0 Å². The average Bonchev–Trinajstić information content (AvgIpc) is 2.65. The van der Waals surface area contributed by atoms with Crippen molar-refractivity contribution in [3.63, 3.8) is 0 Å². The average molecular weight is 317 g/mol. The normalized spacial score (nSPS) is 11.4. The largest absolute Gasteiger partial charge is 0.311 e. The van der Waals surface area contributed by atoms with E-state index in [1.165, 1.54) is 16.6 Å². The summed E-state index contributed by atoms with van der Waals surface area (Å²) in [5.74, 6) is 0. The molecule has 1 heterocycles. The lowest BCUT2D eigenvalue weighted by atomic mass is 10.3. The minimum Gasteiger partial charge on any atom is -0.311 e. The van der Waals surface area contributed by atoms with Crippen LogP contribution in [0.3, 0.4) is 0 Å². The molecule has 1 N–H and O–H groups in total. The maximum Gasteiger partial charge on any atom is 0.0767 e. The third-order valence-electron chi connectivity index (χ3n) is 2.95. The molecule has 5 heteroatoms. The Balaban J connectivity index is 2.48. The molecule has 0 saturated carbocycles. The molecule has 0 aliphatic rings. The first-order valence-corrected chi connectivity index (χ1v) is 7.48. The SMILES string of the molecule is CCc1nn(CC)c(CNCCCN(C)C)c1Br. The Morgan fingerprint density at radius 2 is 2.06 bits per heavy atom. The topological polar surface area (TPSA) is 33.1 Å². The van der Waals surface area contributed by atoms with Crippen LogP contribution in [-0.2, 0) is 19.5 Å². The van der Waals surface area contributed by atoms with Crippen molar-refractivity contribution in [3.8, 4) is 0 Å². The van der Waals surface area contributed by atoms with Crippen LogP contribution in [0.1, 0.15) is 31.7 Å². The molecule has 0 saturated heterocycles. The van der Waals surface area contributed by atoms with E-state index in [1.807, 2.05) is 0 Å². The van der Waals surface area contributed by atoms with Crippen molar-refractivity contribution in [2.45, 2.75) is 39.8 Å². The second-order valence-electron chi connectivity index (χ2n) is 4.71. The molecule has 104 valence electrons. The number of aromatic nitrogens is 2. The molecule has 0 spiro atoms. The number of hydrogen-bond acceptors (Lipinski definition) is 3. The van der Waals surface area contributed by atoms with Crippen LogP contribution >= 0.6 is 15.9 Å². The van der Waals surface area contributed by atoms with Crippen LogP contribution in [0.5, 0.6) is 0 Å². The lowest BCUT2D eigenvalue weighted by Crippen LogP contribution is -2.22. The maximum absolute atomic E-state index is 4.60. The molecular weight excluding hydrogens is 292 g/mol. The Hall–Kier alpha value is -0.390. The Labute approximate surface area is 119 Å². The summed E-state index contributed by atoms with van der Waals surface area (Å²) in [5.41, 5.74) is 2.42. The summed E-state index contributed by atoms with van der Waals surface area (Å²) in [6.07, 6.45) is 2.15. The molecule has 0 amide bonds. The number of nitrogens with zero attached hydrogens (tertiary/aromatic N) is 3. The number of aryl methyl sites for hydroxylation is 2. The van der Waals surface area contributed by atoms with E-state index in [0.717, 1.165) is 38.3 Å². The smallest absolute Gasteiger partial charge is 0.0767 e. The molecule has 18 heavy (non-hydrogen) atoms. The summed E-state index contributed by atoms with van der Waals surface area (Å²) < 4.78 is 3.26. The molecule has 1 aromatic heterocycles. The first-order valence-electron chi connectivity index (χ1n) is 6.69. The van der Waals surface area contributed by atoms with Gasteiger partial charge < -0.3 is 10.2 Å². The molecule has 0 atom stereocenters. The third-order valence-corrected chi connectivity index (χ3v) is 3.86. The van der Waals surface area contributed by atoms with Gasteiger partial charge >= 0.3 is 0 Å². The predicted molar refractivity (Wildman–Crippen MR) is 79.9 cm³/mol. The fourth-order valence-corrected chi connectivity index (χ4v) is 2.62. The Morgan fingerprint density at radius 3 is 2.61 bits per heavy atom. The number of nitrogens with one attached hydrogen (secondary N) is 1. The molecule has 0 unspecified atom stereocenters. The van der Waals surface area contributed by atoms with E-state index < -0.39 is 0 Å². The number of halogens is 1. The van der Waals surface area contributed by atoms with Crippen molar-refractivity contribution in [3.05, 3.63) is 15.9 Å². The zero-order valence-corrected chi connectivity index (χ0v) is 13.5. The van der Waals surface area contributed by atoms with Crippen molar-refractivity contribution in [2.24, 2.45) is 0 Å². The van der Waals surface area contributed by atoms with Gasteiger partial charge in [0.1, 0.15) is 0 Å². The molecule has 1 aromatic rings. The summed E-state index contributed by atoms with van der Waals surface area (Å²) in [7, 11) is 4.21. The third kappa shape index (κ3) is 4.37. The lowest BCUT2D eigenvalue weighted by Gasteiger charge is -2.10. The minimum atomic E-state index is 0.884. The summed E-state index contributed by atoms with van der Waals surface area (Å²) in [4.78, 5) is 2.21. The maximum atomic E-state index is 4.60. The zero-order valence-electron chi connectivity index (χ0n) is 12.0. The second kappa shape index (κ2) is 7.92. The van der Waals surface area contributed by atoms with Crippen LogP contribution in [0.15, 0.2) is 4.47 Å². The van der Waals surface area contributed by atoms with Crippen LogP contribution in [-0.4, -0.2) is 41.9 Å². The Bertz CT molecular complexity index is 360. The van der Waals surface area contributed by atoms with E-state index in [2.05, 4.69) is 63.9 Å². The molecule has 0 fully saturated rings. The fraction of sp³-hybridized carbons (Fsp3) is 0.769. The minimum absolute atomic E-state index is 0.884. The Kier molecular flexibility index (Phi) is 6.89. The van der Waals surface area contributed by atoms with Crippen LogP contribution in [0.25, 0.3) is 0 Å². The first-order chi connectivity index (χ1) is 8.60. The van der Waals surface area contributed by atoms with Crippen molar-refractivity contribution in [1.82, 2.24) is 20.0 Å². The van der Waals surface area contributed by atoms with Gasteiger partial charge in [0.05, 0.1) is 15.9 Å². The molecular formula is C13H25BrN4. The van der Waals surface area contributed by atoms with E-state index in [9.17, 15) is 0 Å². The van der Waals surface area contributed by atoms with Crippen LogP contribution < -0.4 is 5.32 Å². The highest BCUT2D eigenvalue weighted by molar-refractivity contribution is 9.10. The van der Waals surface area contributed by atoms with Gasteiger partial charge in [0.2, 0.25) is 0 Å². The monoisotopic (exact) mass is 316 g/mol. The van der Waals surface area contributed by atoms with E-state index in [4.69, 9.17) is 0 Å². The van der Waals surface area contributed by atoms with Crippen LogP contribution in [0.2, 0.25) is 0 Å². The summed E-state index contributed by atoms with van der Waals surface area (Å²) in [6, 6.07) is 0. The van der Waals surface area contributed by atoms with Gasteiger partial charge in [-0.3, -0.25) is 4.68 Å². The molecule has 0 aliphatic heterocycles. The fourth-order valence-electron chi connectivity index (χ4n) is 1.91. The second-order valence-corrected chi connectivity index (χ2v) is 5.50. The highest BCUT2D eigenvalue weighted by Gasteiger charge is 2.12. The lowest BCUT2D eigenvalue weighted by molar-refractivity contribution is 0.393. The van der Waals surface area contributed by atoms with E-state index >= 15 is 0 Å². The molecule has 0 bridgehead atoms. The van der Waals surface area contributed by atoms with Crippen molar-refractivity contribution in [1.29, 1.82) is 0 Å². The van der Waals surface area contributed by atoms with Crippen molar-refractivity contribution >= 4 is 15.9 Å². The van der Waals surface area contributed by atoms with E-state index in [0.29, 0.717) is 0 Å². The van der Waals surface area contributed by atoms with Gasteiger partial charge in [-0.2, -0.15) is 5.10 Å². The Morgan fingerprint density at radius 1 is 1.33 bits per heavy atom. The van der Waals surface area contributed by atoms with Gasteiger partial charge in [-0.1, -0.05) is 6.92 Å². The molecule has 4 nitrogen and oxygen atoms in total. The van der Waals surface area contributed by atoms with Gasteiger partial charge in [0, 0.05) is 13.1 Å². The van der Waals surface area contributed by atoms with Crippen molar-refractivity contribution < 1.29 is 0 Å². The summed E-state index contributed by atoms with van der Waals surface area (Å²) in [6.45, 7) is 8.25. The molecule has 0 aromatic carbocycles. The van der Waals surface area contributed by atoms with Gasteiger partial charge in [-0.25, -0.2) is 0 Å². The zero-order chi connectivity index (χ0) is 13.5.